The molecule has 0 aliphatic carbocycles. The second-order valence-corrected chi connectivity index (χ2v) is 4.34. The zero-order valence-electron chi connectivity index (χ0n) is 10.7. The van der Waals surface area contributed by atoms with Gasteiger partial charge in [-0.1, -0.05) is 45.0 Å². The molecule has 2 heteroatoms. The summed E-state index contributed by atoms with van der Waals surface area (Å²) in [6.07, 6.45) is 0. The first-order valence-electron chi connectivity index (χ1n) is 6.22. The second-order valence-electron chi connectivity index (χ2n) is 4.34. The lowest BCUT2D eigenvalue weighted by Gasteiger charge is -2.23. The van der Waals surface area contributed by atoms with Gasteiger partial charge >= 0.3 is 0 Å². The average molecular weight is 220 g/mol. The minimum Gasteiger partial charge on any atom is -0.326 e. The number of nitrogens with zero attached hydrogens (tertiary/aromatic N) is 1. The fourth-order valence-electron chi connectivity index (χ4n) is 2.00. The molecular weight excluding hydrogens is 196 g/mol. The van der Waals surface area contributed by atoms with E-state index in [1.54, 1.807) is 0 Å². The van der Waals surface area contributed by atoms with Crippen LogP contribution in [0.3, 0.4) is 0 Å². The Morgan fingerprint density at radius 3 is 2.50 bits per heavy atom. The maximum atomic E-state index is 5.66. The van der Waals surface area contributed by atoms with Gasteiger partial charge in [-0.05, 0) is 30.1 Å². The third-order valence-corrected chi connectivity index (χ3v) is 3.18. The molecule has 0 aliphatic heterocycles. The molecule has 0 spiro atoms. The van der Waals surface area contributed by atoms with Gasteiger partial charge in [0, 0.05) is 13.1 Å². The summed E-state index contributed by atoms with van der Waals surface area (Å²) in [4.78, 5) is 2.46. The number of benzene rings is 1. The molecule has 0 aliphatic rings. The monoisotopic (exact) mass is 220 g/mol. The first-order valence-corrected chi connectivity index (χ1v) is 6.22. The van der Waals surface area contributed by atoms with Gasteiger partial charge in [-0.2, -0.15) is 0 Å². The SMILES string of the molecule is CCN(CC)CC(C)c1cccc(CN)c1. The third kappa shape index (κ3) is 3.62. The molecular formula is C14H24N2. The highest BCUT2D eigenvalue weighted by Gasteiger charge is 2.09. The van der Waals surface area contributed by atoms with Crippen LogP contribution >= 0.6 is 0 Å². The minimum absolute atomic E-state index is 0.575. The molecule has 1 unspecified atom stereocenters. The van der Waals surface area contributed by atoms with E-state index in [1.165, 1.54) is 11.1 Å². The van der Waals surface area contributed by atoms with E-state index >= 15 is 0 Å². The van der Waals surface area contributed by atoms with E-state index in [1.807, 2.05) is 0 Å². The third-order valence-electron chi connectivity index (χ3n) is 3.18. The Morgan fingerprint density at radius 2 is 1.94 bits per heavy atom. The van der Waals surface area contributed by atoms with Crippen LogP contribution in [-0.2, 0) is 6.54 Å². The van der Waals surface area contributed by atoms with Gasteiger partial charge < -0.3 is 10.6 Å². The highest BCUT2D eigenvalue weighted by molar-refractivity contribution is 5.26. The van der Waals surface area contributed by atoms with Gasteiger partial charge in [-0.3, -0.25) is 0 Å². The lowest BCUT2D eigenvalue weighted by Crippen LogP contribution is -2.27. The van der Waals surface area contributed by atoms with Crippen LogP contribution < -0.4 is 5.73 Å². The normalized spacial score (nSPS) is 13.1. The van der Waals surface area contributed by atoms with Crippen molar-refractivity contribution in [1.29, 1.82) is 0 Å². The van der Waals surface area contributed by atoms with Gasteiger partial charge in [-0.25, -0.2) is 0 Å². The fourth-order valence-corrected chi connectivity index (χ4v) is 2.00. The molecule has 16 heavy (non-hydrogen) atoms. The van der Waals surface area contributed by atoms with Crippen molar-refractivity contribution < 1.29 is 0 Å². The van der Waals surface area contributed by atoms with Crippen LogP contribution in [0.25, 0.3) is 0 Å². The molecule has 0 amide bonds. The Labute approximate surface area is 99.5 Å². The van der Waals surface area contributed by atoms with E-state index < -0.39 is 0 Å². The van der Waals surface area contributed by atoms with Crippen molar-refractivity contribution in [3.8, 4) is 0 Å². The Morgan fingerprint density at radius 1 is 1.25 bits per heavy atom. The largest absolute Gasteiger partial charge is 0.326 e. The zero-order valence-corrected chi connectivity index (χ0v) is 10.7. The van der Waals surface area contributed by atoms with Crippen molar-refractivity contribution in [3.05, 3.63) is 35.4 Å². The molecule has 0 bridgehead atoms. The van der Waals surface area contributed by atoms with E-state index in [9.17, 15) is 0 Å². The molecule has 0 aromatic heterocycles. The van der Waals surface area contributed by atoms with Gasteiger partial charge in [0.15, 0.2) is 0 Å². The molecule has 0 saturated carbocycles. The standard InChI is InChI=1S/C14H24N2/c1-4-16(5-2)11-12(3)14-8-6-7-13(9-14)10-15/h6-9,12H,4-5,10-11,15H2,1-3H3. The van der Waals surface area contributed by atoms with Gasteiger partial charge in [0.25, 0.3) is 0 Å². The summed E-state index contributed by atoms with van der Waals surface area (Å²) in [5.41, 5.74) is 8.29. The Kier molecular flexibility index (Phi) is 5.50. The van der Waals surface area contributed by atoms with Gasteiger partial charge in [0.05, 0.1) is 0 Å². The van der Waals surface area contributed by atoms with Crippen LogP contribution in [-0.4, -0.2) is 24.5 Å². The molecule has 1 aromatic rings. The number of hydrogen-bond acceptors (Lipinski definition) is 2. The Balaban J connectivity index is 2.67. The van der Waals surface area contributed by atoms with E-state index in [-0.39, 0.29) is 0 Å². The van der Waals surface area contributed by atoms with Crippen LogP contribution in [0.4, 0.5) is 0 Å². The number of rotatable bonds is 6. The summed E-state index contributed by atoms with van der Waals surface area (Å²) in [7, 11) is 0. The van der Waals surface area contributed by atoms with Crippen molar-refractivity contribution in [2.75, 3.05) is 19.6 Å². The highest BCUT2D eigenvalue weighted by Crippen LogP contribution is 2.17. The van der Waals surface area contributed by atoms with Crippen LogP contribution in [0.1, 0.15) is 37.8 Å². The lowest BCUT2D eigenvalue weighted by atomic mass is 9.98. The van der Waals surface area contributed by atoms with E-state index in [0.717, 1.165) is 19.6 Å². The predicted octanol–water partition coefficient (Wildman–Crippen LogP) is 2.59. The molecule has 0 saturated heterocycles. The summed E-state index contributed by atoms with van der Waals surface area (Å²) in [6.45, 7) is 10.7. The maximum absolute atomic E-state index is 5.66. The zero-order chi connectivity index (χ0) is 12.0. The fraction of sp³-hybridized carbons (Fsp3) is 0.571. The average Bonchev–Trinajstić information content (AvgIpc) is 2.35. The van der Waals surface area contributed by atoms with E-state index in [4.69, 9.17) is 5.73 Å². The maximum Gasteiger partial charge on any atom is 0.0178 e. The van der Waals surface area contributed by atoms with E-state index in [2.05, 4.69) is 49.9 Å². The first kappa shape index (κ1) is 13.2. The van der Waals surface area contributed by atoms with Crippen molar-refractivity contribution >= 4 is 0 Å². The quantitative estimate of drug-likeness (QED) is 0.798. The summed E-state index contributed by atoms with van der Waals surface area (Å²) < 4.78 is 0. The molecule has 2 nitrogen and oxygen atoms in total. The van der Waals surface area contributed by atoms with Gasteiger partial charge in [-0.15, -0.1) is 0 Å². The molecule has 1 rings (SSSR count). The molecule has 0 heterocycles. The molecule has 90 valence electrons. The highest BCUT2D eigenvalue weighted by atomic mass is 15.1. The topological polar surface area (TPSA) is 29.3 Å². The van der Waals surface area contributed by atoms with Gasteiger partial charge in [0.2, 0.25) is 0 Å². The van der Waals surface area contributed by atoms with Crippen molar-refractivity contribution in [3.63, 3.8) is 0 Å². The van der Waals surface area contributed by atoms with Crippen LogP contribution in [0.2, 0.25) is 0 Å². The van der Waals surface area contributed by atoms with Crippen LogP contribution in [0.15, 0.2) is 24.3 Å². The summed E-state index contributed by atoms with van der Waals surface area (Å²) in [6, 6.07) is 8.63. The number of hydrogen-bond donors (Lipinski definition) is 1. The lowest BCUT2D eigenvalue weighted by molar-refractivity contribution is 0.288. The first-order chi connectivity index (χ1) is 7.71. The van der Waals surface area contributed by atoms with Crippen LogP contribution in [0, 0.1) is 0 Å². The molecule has 1 aromatic carbocycles. The molecule has 0 fully saturated rings. The summed E-state index contributed by atoms with van der Waals surface area (Å²) >= 11 is 0. The van der Waals surface area contributed by atoms with Crippen LogP contribution in [0.5, 0.6) is 0 Å². The molecule has 2 N–H and O–H groups in total. The van der Waals surface area contributed by atoms with Crippen molar-refractivity contribution in [2.45, 2.75) is 33.2 Å². The minimum atomic E-state index is 0.575. The number of likely N-dealkylation sites (N-methyl/N-ethyl adjacent to an activating group) is 1. The Bertz CT molecular complexity index is 305. The molecule has 0 radical (unpaired) electrons. The predicted molar refractivity (Wildman–Crippen MR) is 70.5 cm³/mol. The summed E-state index contributed by atoms with van der Waals surface area (Å²) in [5.74, 6) is 0.575. The summed E-state index contributed by atoms with van der Waals surface area (Å²) in [5, 5.41) is 0. The van der Waals surface area contributed by atoms with E-state index in [0.29, 0.717) is 12.5 Å². The smallest absolute Gasteiger partial charge is 0.0178 e. The second kappa shape index (κ2) is 6.66. The van der Waals surface area contributed by atoms with Crippen molar-refractivity contribution in [2.24, 2.45) is 5.73 Å². The number of nitrogens with two attached hydrogens (primary N) is 1. The van der Waals surface area contributed by atoms with Gasteiger partial charge in [0.1, 0.15) is 0 Å². The molecule has 1 atom stereocenters. The Hall–Kier alpha value is -0.860. The van der Waals surface area contributed by atoms with Crippen molar-refractivity contribution in [1.82, 2.24) is 4.90 Å².